The van der Waals surface area contributed by atoms with Crippen molar-refractivity contribution in [2.45, 2.75) is 180 Å². The molecule has 230 valence electrons. The zero-order valence-electron chi connectivity index (χ0n) is 26.4. The molecule has 0 spiro atoms. The summed E-state index contributed by atoms with van der Waals surface area (Å²) in [5, 5.41) is 0. The lowest BCUT2D eigenvalue weighted by Gasteiger charge is -2.05. The molecule has 0 aliphatic heterocycles. The van der Waals surface area contributed by atoms with E-state index in [1.165, 1.54) is 135 Å². The Labute approximate surface area is 248 Å². The van der Waals surface area contributed by atoms with Crippen LogP contribution in [0.15, 0.2) is 30.3 Å². The van der Waals surface area contributed by atoms with E-state index in [1.807, 2.05) is 18.2 Å². The van der Waals surface area contributed by atoms with E-state index in [-0.39, 0.29) is 5.97 Å². The van der Waals surface area contributed by atoms with Crippen molar-refractivity contribution >= 4 is 11.8 Å². The highest BCUT2D eigenvalue weighted by atomic mass is 16.5. The zero-order chi connectivity index (χ0) is 28.8. The molecule has 0 fully saturated rings. The quantitative estimate of drug-likeness (QED) is 0.0699. The topological polar surface area (TPSA) is 43.4 Å². The van der Waals surface area contributed by atoms with Gasteiger partial charge in [0, 0.05) is 12.8 Å². The van der Waals surface area contributed by atoms with Gasteiger partial charge in [0.15, 0.2) is 0 Å². The lowest BCUT2D eigenvalue weighted by atomic mass is 10.0. The first-order chi connectivity index (χ1) is 19.7. The summed E-state index contributed by atoms with van der Waals surface area (Å²) in [5.41, 5.74) is 0.629. The molecular formula is C37H64O3. The third kappa shape index (κ3) is 24.2. The molecule has 0 aliphatic rings. The molecule has 3 heteroatoms. The van der Waals surface area contributed by atoms with E-state index in [1.54, 1.807) is 12.1 Å². The van der Waals surface area contributed by atoms with Crippen molar-refractivity contribution in [2.75, 3.05) is 6.61 Å². The Bertz CT molecular complexity index is 684. The van der Waals surface area contributed by atoms with E-state index in [0.29, 0.717) is 18.0 Å². The van der Waals surface area contributed by atoms with Crippen LogP contribution >= 0.6 is 0 Å². The second-order valence-electron chi connectivity index (χ2n) is 12.0. The van der Waals surface area contributed by atoms with Gasteiger partial charge in [-0.25, -0.2) is 4.79 Å². The Morgan fingerprint density at radius 2 is 0.825 bits per heavy atom. The van der Waals surface area contributed by atoms with E-state index >= 15 is 0 Å². The van der Waals surface area contributed by atoms with E-state index in [4.69, 9.17) is 4.74 Å². The molecule has 0 radical (unpaired) electrons. The minimum absolute atomic E-state index is 0.218. The number of ether oxygens (including phenoxy) is 1. The number of benzene rings is 1. The summed E-state index contributed by atoms with van der Waals surface area (Å²) in [4.78, 5) is 24.0. The summed E-state index contributed by atoms with van der Waals surface area (Å²) >= 11 is 0. The molecular weight excluding hydrogens is 492 g/mol. The molecule has 0 bridgehead atoms. The van der Waals surface area contributed by atoms with Crippen LogP contribution < -0.4 is 0 Å². The first-order valence-corrected chi connectivity index (χ1v) is 17.5. The average Bonchev–Trinajstić information content (AvgIpc) is 2.97. The fourth-order valence-corrected chi connectivity index (χ4v) is 5.48. The van der Waals surface area contributed by atoms with Gasteiger partial charge in [0.25, 0.3) is 0 Å². The molecule has 0 atom stereocenters. The van der Waals surface area contributed by atoms with Crippen molar-refractivity contribution in [3.05, 3.63) is 35.9 Å². The summed E-state index contributed by atoms with van der Waals surface area (Å²) in [6.07, 6.45) is 34.3. The van der Waals surface area contributed by atoms with Gasteiger partial charge in [0.1, 0.15) is 5.78 Å². The number of hydrogen-bond donors (Lipinski definition) is 0. The average molecular weight is 557 g/mol. The van der Waals surface area contributed by atoms with Crippen LogP contribution in [0.4, 0.5) is 0 Å². The Balaban J connectivity index is 1.72. The summed E-state index contributed by atoms with van der Waals surface area (Å²) in [6.45, 7) is 2.80. The van der Waals surface area contributed by atoms with Crippen molar-refractivity contribution in [1.82, 2.24) is 0 Å². The van der Waals surface area contributed by atoms with Gasteiger partial charge < -0.3 is 4.74 Å². The molecule has 0 saturated carbocycles. The summed E-state index contributed by atoms with van der Waals surface area (Å²) in [5.74, 6) is 0.266. The molecule has 40 heavy (non-hydrogen) atoms. The minimum atomic E-state index is -0.218. The maximum atomic E-state index is 12.1. The van der Waals surface area contributed by atoms with Crippen molar-refractivity contribution < 1.29 is 14.3 Å². The maximum Gasteiger partial charge on any atom is 0.338 e. The molecule has 0 unspecified atom stereocenters. The monoisotopic (exact) mass is 556 g/mol. The normalized spacial score (nSPS) is 11.1. The molecule has 0 heterocycles. The van der Waals surface area contributed by atoms with Crippen molar-refractivity contribution in [2.24, 2.45) is 0 Å². The van der Waals surface area contributed by atoms with Gasteiger partial charge in [-0.15, -0.1) is 0 Å². The van der Waals surface area contributed by atoms with Gasteiger partial charge >= 0.3 is 5.97 Å². The van der Waals surface area contributed by atoms with Crippen molar-refractivity contribution in [3.63, 3.8) is 0 Å². The largest absolute Gasteiger partial charge is 0.462 e. The molecule has 1 rings (SSSR count). The summed E-state index contributed by atoms with van der Waals surface area (Å²) in [6, 6.07) is 9.20. The van der Waals surface area contributed by atoms with Crippen molar-refractivity contribution in [3.8, 4) is 0 Å². The molecule has 0 aliphatic carbocycles. The van der Waals surface area contributed by atoms with Gasteiger partial charge in [0.05, 0.1) is 12.2 Å². The number of hydrogen-bond acceptors (Lipinski definition) is 3. The first-order valence-electron chi connectivity index (χ1n) is 17.5. The maximum absolute atomic E-state index is 12.1. The molecule has 1 aromatic carbocycles. The van der Waals surface area contributed by atoms with Crippen LogP contribution in [0.1, 0.15) is 191 Å². The highest BCUT2D eigenvalue weighted by Crippen LogP contribution is 2.15. The van der Waals surface area contributed by atoms with Crippen LogP contribution in [0.25, 0.3) is 0 Å². The first kappa shape index (κ1) is 36.4. The van der Waals surface area contributed by atoms with Gasteiger partial charge in [-0.2, -0.15) is 0 Å². The Morgan fingerprint density at radius 3 is 1.23 bits per heavy atom. The van der Waals surface area contributed by atoms with E-state index in [9.17, 15) is 9.59 Å². The Morgan fingerprint density at radius 1 is 0.475 bits per heavy atom. The van der Waals surface area contributed by atoms with E-state index in [0.717, 1.165) is 38.5 Å². The number of rotatable bonds is 30. The minimum Gasteiger partial charge on any atom is -0.462 e. The molecule has 0 N–H and O–H groups in total. The third-order valence-electron chi connectivity index (χ3n) is 8.15. The van der Waals surface area contributed by atoms with Gasteiger partial charge in [0.2, 0.25) is 0 Å². The number of esters is 1. The fourth-order valence-electron chi connectivity index (χ4n) is 5.48. The lowest BCUT2D eigenvalue weighted by molar-refractivity contribution is -0.119. The molecule has 3 nitrogen and oxygen atoms in total. The fraction of sp³-hybridized carbons (Fsp3) is 0.784. The van der Waals surface area contributed by atoms with Crippen LogP contribution in [0.5, 0.6) is 0 Å². The second kappa shape index (κ2) is 28.9. The van der Waals surface area contributed by atoms with Gasteiger partial charge in [-0.1, -0.05) is 166 Å². The van der Waals surface area contributed by atoms with Crippen LogP contribution in [0, 0.1) is 0 Å². The molecule has 0 aromatic heterocycles. The van der Waals surface area contributed by atoms with Crippen molar-refractivity contribution in [1.29, 1.82) is 0 Å². The summed E-state index contributed by atoms with van der Waals surface area (Å²) < 4.78 is 5.33. The van der Waals surface area contributed by atoms with Crippen LogP contribution in [-0.4, -0.2) is 18.4 Å². The molecule has 0 saturated heterocycles. The SMILES string of the molecule is CCCCCCCCCCCCCCCCCCC(=O)CCCCCCCCCCCOC(=O)c1ccccc1. The van der Waals surface area contributed by atoms with Crippen LogP contribution in [0.2, 0.25) is 0 Å². The van der Waals surface area contributed by atoms with E-state index in [2.05, 4.69) is 6.92 Å². The van der Waals surface area contributed by atoms with Gasteiger partial charge in [-0.3, -0.25) is 4.79 Å². The Kier molecular flexibility index (Phi) is 26.3. The molecule has 1 aromatic rings. The highest BCUT2D eigenvalue weighted by Gasteiger charge is 2.05. The zero-order valence-corrected chi connectivity index (χ0v) is 26.4. The lowest BCUT2D eigenvalue weighted by Crippen LogP contribution is -2.06. The predicted molar refractivity (Wildman–Crippen MR) is 172 cm³/mol. The highest BCUT2D eigenvalue weighted by molar-refractivity contribution is 5.89. The van der Waals surface area contributed by atoms with Crippen LogP contribution in [0.3, 0.4) is 0 Å². The number of carbonyl (C=O) groups excluding carboxylic acids is 2. The van der Waals surface area contributed by atoms with Crippen LogP contribution in [-0.2, 0) is 9.53 Å². The third-order valence-corrected chi connectivity index (χ3v) is 8.15. The number of carbonyl (C=O) groups is 2. The Hall–Kier alpha value is -1.64. The summed E-state index contributed by atoms with van der Waals surface area (Å²) in [7, 11) is 0. The standard InChI is InChI=1S/C37H64O3/c1-2-3-4-5-6-7-8-9-10-11-12-13-15-18-21-27-32-36(38)33-28-22-19-16-14-17-20-23-29-34-40-37(39)35-30-25-24-26-31-35/h24-26,30-31H,2-23,27-29,32-34H2,1H3. The second-order valence-corrected chi connectivity index (χ2v) is 12.0. The molecule has 0 amide bonds. The van der Waals surface area contributed by atoms with Gasteiger partial charge in [-0.05, 0) is 31.4 Å². The predicted octanol–water partition coefficient (Wildman–Crippen LogP) is 12.0. The van der Waals surface area contributed by atoms with E-state index < -0.39 is 0 Å². The number of ketones is 1. The smallest absolute Gasteiger partial charge is 0.338 e. The number of Topliss-reactive ketones (excluding diaryl/α,β-unsaturated/α-hetero) is 1. The number of unbranched alkanes of at least 4 members (excludes halogenated alkanes) is 23.